The third-order valence-corrected chi connectivity index (χ3v) is 3.02. The number of carbonyl (C=O) groups is 2. The maximum Gasteiger partial charge on any atom is 0.326 e. The van der Waals surface area contributed by atoms with Crippen LogP contribution >= 0.6 is 0 Å². The number of carboxylic acids is 1. The zero-order valence-corrected chi connectivity index (χ0v) is 10.1. The summed E-state index contributed by atoms with van der Waals surface area (Å²) in [5.74, 6) is -1.19. The molecule has 5 nitrogen and oxygen atoms in total. The smallest absolute Gasteiger partial charge is 0.326 e. The van der Waals surface area contributed by atoms with Crippen molar-refractivity contribution in [2.24, 2.45) is 11.1 Å². The molecule has 0 saturated carbocycles. The molecule has 0 aromatic heterocycles. The van der Waals surface area contributed by atoms with Crippen molar-refractivity contribution < 1.29 is 14.7 Å². The first-order chi connectivity index (χ1) is 7.25. The molecule has 0 bridgehead atoms. The number of nitrogens with zero attached hydrogens (tertiary/aromatic N) is 1. The minimum absolute atomic E-state index is 0.252. The number of nitrogens with two attached hydrogens (primary N) is 1. The van der Waals surface area contributed by atoms with E-state index in [1.165, 1.54) is 4.90 Å². The number of hydrogen-bond acceptors (Lipinski definition) is 3. The van der Waals surface area contributed by atoms with Crippen molar-refractivity contribution in [3.63, 3.8) is 0 Å². The average molecular weight is 228 g/mol. The van der Waals surface area contributed by atoms with Gasteiger partial charge in [-0.1, -0.05) is 20.8 Å². The number of carboxylic acid groups (broad SMARTS) is 1. The maximum atomic E-state index is 12.0. The van der Waals surface area contributed by atoms with E-state index in [2.05, 4.69) is 0 Å². The second-order valence-corrected chi connectivity index (χ2v) is 5.37. The van der Waals surface area contributed by atoms with Crippen LogP contribution in [-0.2, 0) is 9.59 Å². The lowest BCUT2D eigenvalue weighted by molar-refractivity contribution is -0.149. The Morgan fingerprint density at radius 3 is 2.44 bits per heavy atom. The van der Waals surface area contributed by atoms with Crippen LogP contribution in [0.25, 0.3) is 0 Å². The first-order valence-corrected chi connectivity index (χ1v) is 5.54. The summed E-state index contributed by atoms with van der Waals surface area (Å²) in [6.07, 6.45) is 1.26. The van der Waals surface area contributed by atoms with Crippen LogP contribution < -0.4 is 5.73 Å². The van der Waals surface area contributed by atoms with Gasteiger partial charge in [0.1, 0.15) is 6.04 Å². The van der Waals surface area contributed by atoms with Crippen LogP contribution in [0.15, 0.2) is 0 Å². The van der Waals surface area contributed by atoms with Crippen molar-refractivity contribution in [2.75, 3.05) is 6.54 Å². The highest BCUT2D eigenvalue weighted by molar-refractivity contribution is 5.87. The number of hydrogen-bond donors (Lipinski definition) is 2. The van der Waals surface area contributed by atoms with Gasteiger partial charge in [-0.15, -0.1) is 0 Å². The zero-order valence-electron chi connectivity index (χ0n) is 10.1. The van der Waals surface area contributed by atoms with Crippen LogP contribution in [0, 0.1) is 5.41 Å². The van der Waals surface area contributed by atoms with E-state index in [-0.39, 0.29) is 11.3 Å². The van der Waals surface area contributed by atoms with Crippen molar-refractivity contribution in [3.8, 4) is 0 Å². The Bertz CT molecular complexity index is 296. The normalized spacial score (nSPS) is 23.2. The van der Waals surface area contributed by atoms with E-state index >= 15 is 0 Å². The van der Waals surface area contributed by atoms with E-state index in [1.54, 1.807) is 0 Å². The standard InChI is InChI=1S/C11H20N2O3/c1-11(2,3)8(12)9(14)13-6-4-5-7(13)10(15)16/h7-8H,4-6,12H2,1-3H3,(H,15,16)/t7-,8?/m1/s1. The molecule has 1 saturated heterocycles. The lowest BCUT2D eigenvalue weighted by atomic mass is 9.86. The SMILES string of the molecule is CC(C)(C)C(N)C(=O)N1CCC[C@@H]1C(=O)O. The van der Waals surface area contributed by atoms with Gasteiger partial charge in [0, 0.05) is 6.54 Å². The minimum atomic E-state index is -0.938. The van der Waals surface area contributed by atoms with E-state index in [0.29, 0.717) is 13.0 Å². The highest BCUT2D eigenvalue weighted by Gasteiger charge is 2.39. The van der Waals surface area contributed by atoms with Gasteiger partial charge in [-0.25, -0.2) is 4.79 Å². The third kappa shape index (κ3) is 2.52. The van der Waals surface area contributed by atoms with E-state index in [0.717, 1.165) is 6.42 Å². The Balaban J connectivity index is 2.77. The molecule has 1 aliphatic rings. The van der Waals surface area contributed by atoms with Gasteiger partial charge in [0.25, 0.3) is 0 Å². The summed E-state index contributed by atoms with van der Waals surface area (Å²) in [7, 11) is 0. The molecule has 16 heavy (non-hydrogen) atoms. The fourth-order valence-corrected chi connectivity index (χ4v) is 1.84. The van der Waals surface area contributed by atoms with E-state index in [4.69, 9.17) is 10.8 Å². The predicted octanol–water partition coefficient (Wildman–Crippen LogP) is 0.435. The van der Waals surface area contributed by atoms with Gasteiger partial charge in [-0.2, -0.15) is 0 Å². The van der Waals surface area contributed by atoms with E-state index < -0.39 is 18.1 Å². The summed E-state index contributed by atoms with van der Waals surface area (Å²) in [6, 6.07) is -1.34. The first-order valence-electron chi connectivity index (χ1n) is 5.54. The van der Waals surface area contributed by atoms with Gasteiger partial charge < -0.3 is 15.7 Å². The summed E-state index contributed by atoms with van der Waals surface area (Å²) in [5, 5.41) is 8.98. The monoisotopic (exact) mass is 228 g/mol. The molecule has 1 rings (SSSR count). The molecule has 1 aliphatic heterocycles. The molecule has 5 heteroatoms. The molecular weight excluding hydrogens is 208 g/mol. The molecule has 0 spiro atoms. The van der Waals surface area contributed by atoms with Gasteiger partial charge in [0.2, 0.25) is 5.91 Å². The number of carbonyl (C=O) groups excluding carboxylic acids is 1. The third-order valence-electron chi connectivity index (χ3n) is 3.02. The quantitative estimate of drug-likeness (QED) is 0.718. The molecule has 0 aromatic rings. The second kappa shape index (κ2) is 4.41. The average Bonchev–Trinajstić information content (AvgIpc) is 2.62. The topological polar surface area (TPSA) is 83.6 Å². The van der Waals surface area contributed by atoms with E-state index in [9.17, 15) is 9.59 Å². The summed E-state index contributed by atoms with van der Waals surface area (Å²) in [6.45, 7) is 6.13. The molecule has 1 unspecified atom stereocenters. The van der Waals surface area contributed by atoms with Gasteiger partial charge >= 0.3 is 5.97 Å². The van der Waals surface area contributed by atoms with Crippen molar-refractivity contribution in [2.45, 2.75) is 45.7 Å². The maximum absolute atomic E-state index is 12.0. The molecule has 92 valence electrons. The van der Waals surface area contributed by atoms with Crippen LogP contribution in [0.1, 0.15) is 33.6 Å². The number of amides is 1. The van der Waals surface area contributed by atoms with Gasteiger partial charge in [-0.05, 0) is 18.3 Å². The molecule has 2 atom stereocenters. The Morgan fingerprint density at radius 2 is 2.00 bits per heavy atom. The molecule has 0 radical (unpaired) electrons. The minimum Gasteiger partial charge on any atom is -0.480 e. The number of likely N-dealkylation sites (tertiary alicyclic amines) is 1. The Hall–Kier alpha value is -1.10. The van der Waals surface area contributed by atoms with Crippen LogP contribution in [-0.4, -0.2) is 40.5 Å². The molecule has 1 fully saturated rings. The zero-order chi connectivity index (χ0) is 12.5. The number of rotatable bonds is 2. The highest BCUT2D eigenvalue weighted by Crippen LogP contribution is 2.24. The summed E-state index contributed by atoms with van der Waals surface area (Å²) >= 11 is 0. The lowest BCUT2D eigenvalue weighted by Crippen LogP contribution is -2.53. The van der Waals surface area contributed by atoms with Crippen molar-refractivity contribution in [1.82, 2.24) is 4.90 Å². The fourth-order valence-electron chi connectivity index (χ4n) is 1.84. The molecule has 0 aliphatic carbocycles. The molecule has 3 N–H and O–H groups in total. The summed E-state index contributed by atoms with van der Waals surface area (Å²) in [5.41, 5.74) is 5.51. The lowest BCUT2D eigenvalue weighted by Gasteiger charge is -2.31. The Labute approximate surface area is 95.6 Å². The Kier molecular flexibility index (Phi) is 3.57. The van der Waals surface area contributed by atoms with Crippen molar-refractivity contribution in [3.05, 3.63) is 0 Å². The van der Waals surface area contributed by atoms with Gasteiger partial charge in [0.15, 0.2) is 0 Å². The van der Waals surface area contributed by atoms with Gasteiger partial charge in [-0.3, -0.25) is 4.79 Å². The van der Waals surface area contributed by atoms with Crippen LogP contribution in [0.2, 0.25) is 0 Å². The second-order valence-electron chi connectivity index (χ2n) is 5.37. The van der Waals surface area contributed by atoms with Crippen LogP contribution in [0.3, 0.4) is 0 Å². The Morgan fingerprint density at radius 1 is 1.44 bits per heavy atom. The molecule has 1 heterocycles. The van der Waals surface area contributed by atoms with Crippen molar-refractivity contribution in [1.29, 1.82) is 0 Å². The summed E-state index contributed by atoms with van der Waals surface area (Å²) in [4.78, 5) is 24.4. The number of aliphatic carboxylic acids is 1. The predicted molar refractivity (Wildman–Crippen MR) is 59.8 cm³/mol. The largest absolute Gasteiger partial charge is 0.480 e. The van der Waals surface area contributed by atoms with Gasteiger partial charge in [0.05, 0.1) is 6.04 Å². The molecule has 1 amide bonds. The fraction of sp³-hybridized carbons (Fsp3) is 0.818. The van der Waals surface area contributed by atoms with E-state index in [1.807, 2.05) is 20.8 Å². The highest BCUT2D eigenvalue weighted by atomic mass is 16.4. The molecule has 0 aromatic carbocycles. The summed E-state index contributed by atoms with van der Waals surface area (Å²) < 4.78 is 0. The van der Waals surface area contributed by atoms with Crippen LogP contribution in [0.5, 0.6) is 0 Å². The first kappa shape index (κ1) is 13.0. The molecular formula is C11H20N2O3. The van der Waals surface area contributed by atoms with Crippen molar-refractivity contribution >= 4 is 11.9 Å². The van der Waals surface area contributed by atoms with Crippen LogP contribution in [0.4, 0.5) is 0 Å².